The number of hydrogen-bond acceptors (Lipinski definition) is 4. The smallest absolute Gasteiger partial charge is 0.339 e. The molecule has 2 rings (SSSR count). The van der Waals surface area contributed by atoms with E-state index in [1.165, 1.54) is 12.1 Å². The van der Waals surface area contributed by atoms with Crippen LogP contribution in [-0.2, 0) is 11.3 Å². The fourth-order valence-electron chi connectivity index (χ4n) is 1.98. The van der Waals surface area contributed by atoms with Crippen LogP contribution >= 0.6 is 23.2 Å². The maximum Gasteiger partial charge on any atom is 0.339 e. The predicted octanol–water partition coefficient (Wildman–Crippen LogP) is 3.68. The van der Waals surface area contributed by atoms with Crippen LogP contribution in [0.15, 0.2) is 28.7 Å². The Kier molecular flexibility index (Phi) is 5.75. The van der Waals surface area contributed by atoms with Gasteiger partial charge in [-0.15, -0.1) is 0 Å². The van der Waals surface area contributed by atoms with Gasteiger partial charge >= 0.3 is 5.97 Å². The maximum atomic E-state index is 12.1. The molecule has 1 unspecified atom stereocenters. The van der Waals surface area contributed by atoms with Gasteiger partial charge in [-0.3, -0.25) is 4.79 Å². The van der Waals surface area contributed by atoms with Crippen LogP contribution in [0.4, 0.5) is 0 Å². The fraction of sp³-hybridized carbons (Fsp3) is 0.250. The van der Waals surface area contributed by atoms with Crippen LogP contribution in [0.5, 0.6) is 5.75 Å². The van der Waals surface area contributed by atoms with E-state index < -0.39 is 18.0 Å². The molecule has 1 heterocycles. The quantitative estimate of drug-likeness (QED) is 0.808. The molecule has 0 aliphatic carbocycles. The molecule has 8 heteroatoms. The third-order valence-corrected chi connectivity index (χ3v) is 3.73. The number of amides is 1. The van der Waals surface area contributed by atoms with E-state index >= 15 is 0 Å². The van der Waals surface area contributed by atoms with E-state index in [1.54, 1.807) is 26.0 Å². The van der Waals surface area contributed by atoms with Crippen LogP contribution in [0, 0.1) is 6.92 Å². The van der Waals surface area contributed by atoms with E-state index in [-0.39, 0.29) is 17.9 Å². The average molecular weight is 372 g/mol. The van der Waals surface area contributed by atoms with Gasteiger partial charge in [-0.05, 0) is 38.1 Å². The zero-order valence-electron chi connectivity index (χ0n) is 12.9. The van der Waals surface area contributed by atoms with Crippen molar-refractivity contribution in [3.05, 3.63) is 51.4 Å². The molecule has 0 fully saturated rings. The van der Waals surface area contributed by atoms with E-state index in [1.807, 2.05) is 0 Å². The molecule has 0 saturated heterocycles. The molecule has 0 aliphatic rings. The van der Waals surface area contributed by atoms with Crippen LogP contribution < -0.4 is 10.1 Å². The third kappa shape index (κ3) is 4.43. The van der Waals surface area contributed by atoms with E-state index in [0.29, 0.717) is 21.6 Å². The third-order valence-electron chi connectivity index (χ3n) is 3.20. The molecule has 0 radical (unpaired) electrons. The summed E-state index contributed by atoms with van der Waals surface area (Å²) in [4.78, 5) is 23.0. The van der Waals surface area contributed by atoms with Crippen molar-refractivity contribution in [3.63, 3.8) is 0 Å². The Bertz CT molecular complexity index is 772. The zero-order valence-corrected chi connectivity index (χ0v) is 14.4. The molecular formula is C16H15Cl2NO5. The topological polar surface area (TPSA) is 88.8 Å². The minimum atomic E-state index is -1.08. The second-order valence-electron chi connectivity index (χ2n) is 5.04. The number of carbonyl (C=O) groups excluding carboxylic acids is 1. The van der Waals surface area contributed by atoms with E-state index in [9.17, 15) is 9.59 Å². The van der Waals surface area contributed by atoms with Gasteiger partial charge in [0.25, 0.3) is 5.91 Å². The Morgan fingerprint density at radius 3 is 2.62 bits per heavy atom. The number of nitrogens with one attached hydrogen (secondary N) is 1. The highest BCUT2D eigenvalue weighted by molar-refractivity contribution is 6.35. The Morgan fingerprint density at radius 2 is 2.04 bits per heavy atom. The summed E-state index contributed by atoms with van der Waals surface area (Å²) in [5.41, 5.74) is 0.0662. The molecule has 6 nitrogen and oxygen atoms in total. The first kappa shape index (κ1) is 18.2. The summed E-state index contributed by atoms with van der Waals surface area (Å²) < 4.78 is 10.8. The number of carboxylic acid groups (broad SMARTS) is 1. The summed E-state index contributed by atoms with van der Waals surface area (Å²) in [7, 11) is 0. The minimum Gasteiger partial charge on any atom is -0.479 e. The Labute approximate surface area is 148 Å². The Hall–Kier alpha value is -2.18. The monoisotopic (exact) mass is 371 g/mol. The number of aromatic carboxylic acids is 1. The second-order valence-corrected chi connectivity index (χ2v) is 5.88. The molecule has 24 heavy (non-hydrogen) atoms. The Morgan fingerprint density at radius 1 is 1.33 bits per heavy atom. The van der Waals surface area contributed by atoms with Crippen molar-refractivity contribution in [3.8, 4) is 5.75 Å². The second kappa shape index (κ2) is 7.59. The summed E-state index contributed by atoms with van der Waals surface area (Å²) in [6.07, 6.45) is -0.807. The van der Waals surface area contributed by atoms with Gasteiger partial charge in [-0.25, -0.2) is 4.79 Å². The SMILES string of the molecule is Cc1oc(CNC(=O)C(C)Oc2ccc(Cl)cc2Cl)cc1C(=O)O. The fourth-order valence-corrected chi connectivity index (χ4v) is 2.43. The molecule has 0 spiro atoms. The van der Waals surface area contributed by atoms with Crippen LogP contribution in [0.2, 0.25) is 10.0 Å². The molecule has 1 amide bonds. The zero-order chi connectivity index (χ0) is 17.9. The molecule has 0 saturated carbocycles. The number of furan rings is 1. The van der Waals surface area contributed by atoms with E-state index in [2.05, 4.69) is 5.32 Å². The normalized spacial score (nSPS) is 11.8. The molecule has 128 valence electrons. The number of halogens is 2. The average Bonchev–Trinajstić information content (AvgIpc) is 2.88. The lowest BCUT2D eigenvalue weighted by atomic mass is 10.2. The number of carboxylic acids is 1. The number of hydrogen-bond donors (Lipinski definition) is 2. The largest absolute Gasteiger partial charge is 0.479 e. The van der Waals surface area contributed by atoms with Crippen molar-refractivity contribution >= 4 is 35.1 Å². The molecule has 2 N–H and O–H groups in total. The standard InChI is InChI=1S/C16H15Cl2NO5/c1-8-12(16(21)22)6-11(23-8)7-19-15(20)9(2)24-14-4-3-10(17)5-13(14)18/h3-6,9H,7H2,1-2H3,(H,19,20)(H,21,22). The van der Waals surface area contributed by atoms with E-state index in [4.69, 9.17) is 37.5 Å². The van der Waals surface area contributed by atoms with E-state index in [0.717, 1.165) is 0 Å². The lowest BCUT2D eigenvalue weighted by molar-refractivity contribution is -0.127. The summed E-state index contributed by atoms with van der Waals surface area (Å²) in [6, 6.07) is 6.07. The van der Waals surface area contributed by atoms with Gasteiger partial charge in [0.1, 0.15) is 22.8 Å². The van der Waals surface area contributed by atoms with Crippen LogP contribution in [0.1, 0.15) is 28.8 Å². The van der Waals surface area contributed by atoms with Crippen LogP contribution in [-0.4, -0.2) is 23.1 Å². The number of benzene rings is 1. The molecular weight excluding hydrogens is 357 g/mol. The van der Waals surface area contributed by atoms with Gasteiger partial charge in [0.2, 0.25) is 0 Å². The summed E-state index contributed by atoms with van der Waals surface area (Å²) in [5.74, 6) is -0.514. The van der Waals surface area contributed by atoms with Gasteiger partial charge in [0.15, 0.2) is 6.10 Å². The lowest BCUT2D eigenvalue weighted by Gasteiger charge is -2.15. The Balaban J connectivity index is 1.94. The van der Waals surface area contributed by atoms with Crippen molar-refractivity contribution in [2.45, 2.75) is 26.5 Å². The van der Waals surface area contributed by atoms with Crippen LogP contribution in [0.3, 0.4) is 0 Å². The molecule has 2 aromatic rings. The molecule has 1 aromatic heterocycles. The van der Waals surface area contributed by atoms with Crippen molar-refractivity contribution in [2.24, 2.45) is 0 Å². The minimum absolute atomic E-state index is 0.0506. The number of carbonyl (C=O) groups is 2. The number of rotatable bonds is 6. The van der Waals surface area contributed by atoms with Gasteiger partial charge in [0, 0.05) is 5.02 Å². The van der Waals surface area contributed by atoms with Crippen molar-refractivity contribution in [2.75, 3.05) is 0 Å². The predicted molar refractivity (Wildman–Crippen MR) is 88.8 cm³/mol. The maximum absolute atomic E-state index is 12.1. The first-order valence-corrected chi connectivity index (χ1v) is 7.75. The van der Waals surface area contributed by atoms with Gasteiger partial charge in [-0.2, -0.15) is 0 Å². The highest BCUT2D eigenvalue weighted by Gasteiger charge is 2.18. The van der Waals surface area contributed by atoms with Gasteiger partial charge in [-0.1, -0.05) is 23.2 Å². The number of ether oxygens (including phenoxy) is 1. The van der Waals surface area contributed by atoms with Crippen molar-refractivity contribution in [1.29, 1.82) is 0 Å². The lowest BCUT2D eigenvalue weighted by Crippen LogP contribution is -2.35. The summed E-state index contributed by atoms with van der Waals surface area (Å²) in [5, 5.41) is 12.3. The first-order valence-electron chi connectivity index (χ1n) is 7.00. The molecule has 1 atom stereocenters. The number of aryl methyl sites for hydroxylation is 1. The first-order chi connectivity index (χ1) is 11.3. The molecule has 1 aromatic carbocycles. The van der Waals surface area contributed by atoms with Gasteiger partial charge in [0.05, 0.1) is 11.6 Å². The summed E-state index contributed by atoms with van der Waals surface area (Å²) in [6.45, 7) is 3.16. The van der Waals surface area contributed by atoms with Crippen LogP contribution in [0.25, 0.3) is 0 Å². The van der Waals surface area contributed by atoms with Crippen molar-refractivity contribution in [1.82, 2.24) is 5.32 Å². The van der Waals surface area contributed by atoms with Crippen molar-refractivity contribution < 1.29 is 23.8 Å². The summed E-state index contributed by atoms with van der Waals surface area (Å²) >= 11 is 11.8. The highest BCUT2D eigenvalue weighted by atomic mass is 35.5. The molecule has 0 aliphatic heterocycles. The van der Waals surface area contributed by atoms with Gasteiger partial charge < -0.3 is 19.6 Å². The molecule has 0 bridgehead atoms. The highest BCUT2D eigenvalue weighted by Crippen LogP contribution is 2.28.